The standard InChI is InChI=1S/C15H23N5O2S2/c1-4-12-6-7-15(23-12)24(21,22)18-9-8-17-14-10-13(16-5-2)19-11(3)20-14/h6-7,10,18H,4-5,8-9H2,1-3H3,(H2,16,17,19,20). The number of sulfonamides is 1. The Bertz CT molecular complexity index is 774. The van der Waals surface area contributed by atoms with Crippen LogP contribution in [0.25, 0.3) is 0 Å². The first kappa shape index (κ1) is 18.6. The lowest BCUT2D eigenvalue weighted by Gasteiger charge is -2.10. The van der Waals surface area contributed by atoms with Gasteiger partial charge in [-0.2, -0.15) is 0 Å². The van der Waals surface area contributed by atoms with Crippen LogP contribution in [0.15, 0.2) is 22.4 Å². The van der Waals surface area contributed by atoms with Gasteiger partial charge in [-0.05, 0) is 32.4 Å². The molecular formula is C15H23N5O2S2. The van der Waals surface area contributed by atoms with E-state index in [1.54, 1.807) is 12.1 Å². The number of aryl methyl sites for hydroxylation is 2. The summed E-state index contributed by atoms with van der Waals surface area (Å²) >= 11 is 1.30. The Morgan fingerprint density at radius 1 is 1.08 bits per heavy atom. The molecule has 0 spiro atoms. The Labute approximate surface area is 147 Å². The minimum Gasteiger partial charge on any atom is -0.370 e. The summed E-state index contributed by atoms with van der Waals surface area (Å²) in [6, 6.07) is 5.30. The van der Waals surface area contributed by atoms with Gasteiger partial charge in [0.25, 0.3) is 0 Å². The van der Waals surface area contributed by atoms with Crippen LogP contribution in [0.3, 0.4) is 0 Å². The van der Waals surface area contributed by atoms with E-state index in [2.05, 4.69) is 25.3 Å². The summed E-state index contributed by atoms with van der Waals surface area (Å²) in [5.74, 6) is 2.07. The number of rotatable bonds is 9. The van der Waals surface area contributed by atoms with Gasteiger partial charge in [-0.3, -0.25) is 0 Å². The molecule has 3 N–H and O–H groups in total. The second-order valence-electron chi connectivity index (χ2n) is 5.11. The molecule has 0 fully saturated rings. The largest absolute Gasteiger partial charge is 0.370 e. The zero-order valence-electron chi connectivity index (χ0n) is 14.1. The van der Waals surface area contributed by atoms with Crippen LogP contribution in [-0.2, 0) is 16.4 Å². The molecule has 0 aliphatic heterocycles. The first-order valence-electron chi connectivity index (χ1n) is 7.86. The average Bonchev–Trinajstić information content (AvgIpc) is 3.01. The molecule has 2 rings (SSSR count). The maximum atomic E-state index is 12.2. The topological polar surface area (TPSA) is 96.0 Å². The molecule has 2 aromatic heterocycles. The quantitative estimate of drug-likeness (QED) is 0.587. The van der Waals surface area contributed by atoms with E-state index >= 15 is 0 Å². The second-order valence-corrected chi connectivity index (χ2v) is 8.28. The van der Waals surface area contributed by atoms with Crippen molar-refractivity contribution in [3.63, 3.8) is 0 Å². The van der Waals surface area contributed by atoms with Gasteiger partial charge in [0.1, 0.15) is 21.7 Å². The number of thiophene rings is 1. The third kappa shape index (κ3) is 5.15. The molecule has 0 aromatic carbocycles. The molecule has 0 bridgehead atoms. The highest BCUT2D eigenvalue weighted by molar-refractivity contribution is 7.91. The number of aromatic nitrogens is 2. The van der Waals surface area contributed by atoms with Gasteiger partial charge < -0.3 is 10.6 Å². The summed E-state index contributed by atoms with van der Waals surface area (Å²) in [6.07, 6.45) is 0.836. The molecule has 0 radical (unpaired) electrons. The zero-order chi connectivity index (χ0) is 17.6. The Balaban J connectivity index is 1.88. The Kier molecular flexibility index (Phi) is 6.52. The van der Waals surface area contributed by atoms with E-state index in [-0.39, 0.29) is 6.54 Å². The fourth-order valence-electron chi connectivity index (χ4n) is 2.07. The van der Waals surface area contributed by atoms with Crippen molar-refractivity contribution in [2.75, 3.05) is 30.3 Å². The third-order valence-electron chi connectivity index (χ3n) is 3.17. The molecule has 2 heterocycles. The first-order valence-corrected chi connectivity index (χ1v) is 10.2. The number of hydrogen-bond donors (Lipinski definition) is 3. The summed E-state index contributed by atoms with van der Waals surface area (Å²) in [5.41, 5.74) is 0. The highest BCUT2D eigenvalue weighted by Crippen LogP contribution is 2.21. The van der Waals surface area contributed by atoms with E-state index in [9.17, 15) is 8.42 Å². The molecule has 9 heteroatoms. The van der Waals surface area contributed by atoms with Gasteiger partial charge in [0, 0.05) is 30.6 Å². The smallest absolute Gasteiger partial charge is 0.250 e. The molecule has 0 unspecified atom stereocenters. The molecular weight excluding hydrogens is 346 g/mol. The fourth-order valence-corrected chi connectivity index (χ4v) is 4.44. The van der Waals surface area contributed by atoms with Crippen molar-refractivity contribution in [1.29, 1.82) is 0 Å². The van der Waals surface area contributed by atoms with Crippen molar-refractivity contribution in [2.24, 2.45) is 0 Å². The third-order valence-corrected chi connectivity index (χ3v) is 6.35. The van der Waals surface area contributed by atoms with Crippen LogP contribution in [0.1, 0.15) is 24.5 Å². The van der Waals surface area contributed by atoms with Gasteiger partial charge >= 0.3 is 0 Å². The van der Waals surface area contributed by atoms with Crippen LogP contribution < -0.4 is 15.4 Å². The summed E-state index contributed by atoms with van der Waals surface area (Å²) < 4.78 is 27.4. The predicted octanol–water partition coefficient (Wildman–Crippen LogP) is 2.23. The summed E-state index contributed by atoms with van der Waals surface area (Å²) in [5, 5.41) is 6.24. The Hall–Kier alpha value is -1.71. The minimum atomic E-state index is -3.45. The Morgan fingerprint density at radius 3 is 2.42 bits per heavy atom. The average molecular weight is 370 g/mol. The van der Waals surface area contributed by atoms with E-state index in [4.69, 9.17) is 0 Å². The van der Waals surface area contributed by atoms with Crippen molar-refractivity contribution >= 4 is 33.0 Å². The van der Waals surface area contributed by atoms with Crippen molar-refractivity contribution in [2.45, 2.75) is 31.4 Å². The summed E-state index contributed by atoms with van der Waals surface area (Å²) in [6.45, 7) is 7.31. The number of anilines is 2. The van der Waals surface area contributed by atoms with Gasteiger partial charge in [0.15, 0.2) is 0 Å². The number of nitrogens with zero attached hydrogens (tertiary/aromatic N) is 2. The molecule has 0 atom stereocenters. The highest BCUT2D eigenvalue weighted by atomic mass is 32.2. The van der Waals surface area contributed by atoms with Crippen LogP contribution in [0.5, 0.6) is 0 Å². The molecule has 2 aromatic rings. The van der Waals surface area contributed by atoms with Crippen LogP contribution >= 0.6 is 11.3 Å². The molecule has 0 aliphatic rings. The van der Waals surface area contributed by atoms with Gasteiger partial charge in [-0.25, -0.2) is 23.1 Å². The van der Waals surface area contributed by atoms with Crippen molar-refractivity contribution in [3.05, 3.63) is 28.9 Å². The summed E-state index contributed by atoms with van der Waals surface area (Å²) in [7, 11) is -3.45. The van der Waals surface area contributed by atoms with Crippen LogP contribution in [-0.4, -0.2) is 38.0 Å². The van der Waals surface area contributed by atoms with Crippen molar-refractivity contribution in [3.8, 4) is 0 Å². The SMILES string of the molecule is CCNc1cc(NCCNS(=O)(=O)c2ccc(CC)s2)nc(C)n1. The predicted molar refractivity (Wildman–Crippen MR) is 98.3 cm³/mol. The van der Waals surface area contributed by atoms with Gasteiger partial charge in [-0.15, -0.1) is 11.3 Å². The van der Waals surface area contributed by atoms with Crippen LogP contribution in [0, 0.1) is 6.92 Å². The van der Waals surface area contributed by atoms with E-state index in [1.165, 1.54) is 11.3 Å². The Morgan fingerprint density at radius 2 is 1.79 bits per heavy atom. The number of hydrogen-bond acceptors (Lipinski definition) is 7. The number of nitrogens with one attached hydrogen (secondary N) is 3. The second kappa shape index (κ2) is 8.41. The van der Waals surface area contributed by atoms with Crippen LogP contribution in [0.4, 0.5) is 11.6 Å². The van der Waals surface area contributed by atoms with Crippen LogP contribution in [0.2, 0.25) is 0 Å². The lowest BCUT2D eigenvalue weighted by atomic mass is 10.4. The van der Waals surface area contributed by atoms with E-state index in [0.29, 0.717) is 22.4 Å². The van der Waals surface area contributed by atoms with E-state index < -0.39 is 10.0 Å². The van der Waals surface area contributed by atoms with Crippen molar-refractivity contribution < 1.29 is 8.42 Å². The minimum absolute atomic E-state index is 0.279. The molecule has 24 heavy (non-hydrogen) atoms. The maximum Gasteiger partial charge on any atom is 0.250 e. The maximum absolute atomic E-state index is 12.2. The zero-order valence-corrected chi connectivity index (χ0v) is 15.7. The van der Waals surface area contributed by atoms with Crippen molar-refractivity contribution in [1.82, 2.24) is 14.7 Å². The monoisotopic (exact) mass is 369 g/mol. The van der Waals surface area contributed by atoms with Gasteiger partial charge in [-0.1, -0.05) is 6.92 Å². The molecule has 132 valence electrons. The molecule has 0 amide bonds. The van der Waals surface area contributed by atoms with Gasteiger partial charge in [0.05, 0.1) is 0 Å². The van der Waals surface area contributed by atoms with E-state index in [0.717, 1.165) is 23.7 Å². The highest BCUT2D eigenvalue weighted by Gasteiger charge is 2.15. The van der Waals surface area contributed by atoms with Gasteiger partial charge in [0.2, 0.25) is 10.0 Å². The molecule has 0 aliphatic carbocycles. The molecule has 7 nitrogen and oxygen atoms in total. The summed E-state index contributed by atoms with van der Waals surface area (Å²) in [4.78, 5) is 9.61. The molecule has 0 saturated heterocycles. The lowest BCUT2D eigenvalue weighted by molar-refractivity contribution is 0.585. The normalized spacial score (nSPS) is 11.5. The fraction of sp³-hybridized carbons (Fsp3) is 0.467. The molecule has 0 saturated carbocycles. The first-order chi connectivity index (χ1) is 11.4. The van der Waals surface area contributed by atoms with E-state index in [1.807, 2.05) is 26.8 Å². The lowest BCUT2D eigenvalue weighted by Crippen LogP contribution is -2.28.